The minimum absolute atomic E-state index is 0.194. The van der Waals surface area contributed by atoms with Crippen LogP contribution in [0.5, 0.6) is 0 Å². The maximum atomic E-state index is 13.0. The van der Waals surface area contributed by atoms with Crippen molar-refractivity contribution in [2.45, 2.75) is 45.8 Å². The van der Waals surface area contributed by atoms with Crippen molar-refractivity contribution in [2.24, 2.45) is 5.92 Å². The quantitative estimate of drug-likeness (QED) is 0.917. The van der Waals surface area contributed by atoms with Crippen LogP contribution in [0.25, 0.3) is 0 Å². The van der Waals surface area contributed by atoms with Crippen LogP contribution in [0, 0.1) is 19.8 Å². The average Bonchev–Trinajstić information content (AvgIpc) is 2.57. The number of hydrogen-bond acceptors (Lipinski definition) is 4. The number of piperidine rings is 1. The third-order valence-electron chi connectivity index (χ3n) is 5.61. The van der Waals surface area contributed by atoms with Crippen LogP contribution in [0.1, 0.15) is 40.5 Å². The number of aromatic nitrogens is 2. The number of hydrogen-bond donors (Lipinski definition) is 1. The van der Waals surface area contributed by atoms with E-state index in [0.717, 1.165) is 43.1 Å². The molecule has 0 saturated carbocycles. The summed E-state index contributed by atoms with van der Waals surface area (Å²) in [6.45, 7) is 8.41. The van der Waals surface area contributed by atoms with Crippen molar-refractivity contribution in [1.82, 2.24) is 19.8 Å². The van der Waals surface area contributed by atoms with Gasteiger partial charge in [0, 0.05) is 49.0 Å². The van der Waals surface area contributed by atoms with Gasteiger partial charge in [-0.2, -0.15) is 0 Å². The molecule has 4 rings (SSSR count). The monoisotopic (exact) mass is 352 g/mol. The molecule has 0 unspecified atom stereocenters. The van der Waals surface area contributed by atoms with Gasteiger partial charge in [-0.15, -0.1) is 0 Å². The number of pyridine rings is 2. The summed E-state index contributed by atoms with van der Waals surface area (Å²) in [5.74, 6) is 1.08. The van der Waals surface area contributed by atoms with E-state index in [2.05, 4.69) is 47.4 Å². The molecule has 2 atom stereocenters. The fourth-order valence-electron chi connectivity index (χ4n) is 4.59. The molecule has 0 aromatic carbocycles. The molecule has 26 heavy (non-hydrogen) atoms. The highest BCUT2D eigenvalue weighted by atomic mass is 16.1. The first kappa shape index (κ1) is 17.4. The summed E-state index contributed by atoms with van der Waals surface area (Å²) in [7, 11) is 2.06. The highest BCUT2D eigenvalue weighted by molar-refractivity contribution is 5.23. The van der Waals surface area contributed by atoms with Crippen molar-refractivity contribution in [2.75, 3.05) is 20.1 Å². The van der Waals surface area contributed by atoms with Crippen LogP contribution in [0.3, 0.4) is 0 Å². The summed E-state index contributed by atoms with van der Waals surface area (Å²) in [6.07, 6.45) is 1.21. The zero-order chi connectivity index (χ0) is 18.3. The predicted molar refractivity (Wildman–Crippen MR) is 103 cm³/mol. The first-order valence-corrected chi connectivity index (χ1v) is 9.55. The van der Waals surface area contributed by atoms with Crippen molar-refractivity contribution in [3.63, 3.8) is 0 Å². The minimum Gasteiger partial charge on any atom is -0.316 e. The van der Waals surface area contributed by atoms with Gasteiger partial charge in [0.05, 0.1) is 5.69 Å². The molecular weight excluding hydrogens is 324 g/mol. The predicted octanol–water partition coefficient (Wildman–Crippen LogP) is 2.20. The van der Waals surface area contributed by atoms with E-state index in [0.29, 0.717) is 18.4 Å². The first-order chi connectivity index (χ1) is 12.5. The fraction of sp³-hybridized carbons (Fsp3) is 0.524. The van der Waals surface area contributed by atoms with Gasteiger partial charge in [0.25, 0.3) is 5.56 Å². The molecule has 138 valence electrons. The maximum Gasteiger partial charge on any atom is 0.255 e. The molecule has 0 radical (unpaired) electrons. The summed E-state index contributed by atoms with van der Waals surface area (Å²) in [6, 6.07) is 8.42. The van der Waals surface area contributed by atoms with Crippen molar-refractivity contribution in [3.05, 3.63) is 62.8 Å². The molecule has 1 fully saturated rings. The lowest BCUT2D eigenvalue weighted by Gasteiger charge is -2.37. The van der Waals surface area contributed by atoms with Gasteiger partial charge in [0.2, 0.25) is 0 Å². The van der Waals surface area contributed by atoms with Gasteiger partial charge < -0.3 is 9.88 Å². The molecule has 5 heteroatoms. The van der Waals surface area contributed by atoms with Crippen LogP contribution in [0.2, 0.25) is 0 Å². The lowest BCUT2D eigenvalue weighted by atomic mass is 9.84. The molecule has 2 aromatic heterocycles. The van der Waals surface area contributed by atoms with Crippen LogP contribution in [-0.2, 0) is 19.6 Å². The number of nitrogens with one attached hydrogen (secondary N) is 1. The van der Waals surface area contributed by atoms with Crippen LogP contribution in [0.4, 0.5) is 0 Å². The normalized spacial score (nSPS) is 21.7. The van der Waals surface area contributed by atoms with Crippen LogP contribution < -0.4 is 10.9 Å². The molecule has 0 amide bonds. The van der Waals surface area contributed by atoms with Crippen LogP contribution >= 0.6 is 0 Å². The van der Waals surface area contributed by atoms with Gasteiger partial charge in [-0.1, -0.05) is 6.07 Å². The summed E-state index contributed by atoms with van der Waals surface area (Å²) >= 11 is 0. The van der Waals surface area contributed by atoms with E-state index in [4.69, 9.17) is 0 Å². The van der Waals surface area contributed by atoms with Gasteiger partial charge in [0.1, 0.15) is 0 Å². The van der Waals surface area contributed by atoms with Crippen molar-refractivity contribution >= 4 is 0 Å². The molecule has 4 heterocycles. The number of rotatable bonds is 4. The zero-order valence-corrected chi connectivity index (χ0v) is 16.0. The van der Waals surface area contributed by atoms with E-state index < -0.39 is 0 Å². The van der Waals surface area contributed by atoms with Crippen molar-refractivity contribution in [3.8, 4) is 0 Å². The number of nitrogens with zero attached hydrogens (tertiary/aromatic N) is 3. The smallest absolute Gasteiger partial charge is 0.255 e. The number of fused-ring (bicyclic) bond motifs is 4. The Morgan fingerprint density at radius 2 is 2.08 bits per heavy atom. The second kappa shape index (κ2) is 6.97. The largest absolute Gasteiger partial charge is 0.316 e. The van der Waals surface area contributed by atoms with E-state index >= 15 is 0 Å². The van der Waals surface area contributed by atoms with Crippen molar-refractivity contribution in [1.29, 1.82) is 0 Å². The zero-order valence-electron chi connectivity index (χ0n) is 16.0. The average molecular weight is 352 g/mol. The van der Waals surface area contributed by atoms with Gasteiger partial charge in [-0.25, -0.2) is 0 Å². The molecule has 2 aliphatic rings. The molecular formula is C21H28N4O. The van der Waals surface area contributed by atoms with E-state index in [1.54, 1.807) is 0 Å². The maximum absolute atomic E-state index is 13.0. The Morgan fingerprint density at radius 3 is 2.88 bits per heavy atom. The van der Waals surface area contributed by atoms with Crippen LogP contribution in [-0.4, -0.2) is 34.6 Å². The molecule has 2 aliphatic heterocycles. The van der Waals surface area contributed by atoms with E-state index in [9.17, 15) is 4.79 Å². The Labute approximate surface area is 155 Å². The fourth-order valence-corrected chi connectivity index (χ4v) is 4.59. The Morgan fingerprint density at radius 1 is 1.23 bits per heavy atom. The molecule has 1 saturated heterocycles. The van der Waals surface area contributed by atoms with E-state index in [1.807, 2.05) is 17.6 Å². The summed E-state index contributed by atoms with van der Waals surface area (Å²) in [5, 5.41) is 3.50. The highest BCUT2D eigenvalue weighted by Crippen LogP contribution is 2.31. The Hall–Kier alpha value is -1.98. The van der Waals surface area contributed by atoms with Gasteiger partial charge in [-0.3, -0.25) is 14.7 Å². The molecule has 2 bridgehead atoms. The Balaban J connectivity index is 1.53. The van der Waals surface area contributed by atoms with E-state index in [-0.39, 0.29) is 5.56 Å². The second-order valence-electron chi connectivity index (χ2n) is 8.11. The second-order valence-corrected chi connectivity index (χ2v) is 8.11. The van der Waals surface area contributed by atoms with Gasteiger partial charge in [-0.05, 0) is 63.5 Å². The molecule has 0 spiro atoms. The summed E-state index contributed by atoms with van der Waals surface area (Å²) < 4.78 is 2.04. The van der Waals surface area contributed by atoms with Crippen LogP contribution in [0.15, 0.2) is 29.1 Å². The van der Waals surface area contributed by atoms with Gasteiger partial charge in [0.15, 0.2) is 0 Å². The van der Waals surface area contributed by atoms with Crippen molar-refractivity contribution < 1.29 is 0 Å². The summed E-state index contributed by atoms with van der Waals surface area (Å²) in [5.41, 5.74) is 5.62. The third kappa shape index (κ3) is 3.46. The number of aryl methyl sites for hydroxylation is 2. The lowest BCUT2D eigenvalue weighted by Crippen LogP contribution is -2.45. The Kier molecular flexibility index (Phi) is 4.67. The molecule has 2 aromatic rings. The molecule has 1 N–H and O–H groups in total. The molecule has 0 aliphatic carbocycles. The first-order valence-electron chi connectivity index (χ1n) is 9.55. The molecule has 5 nitrogen and oxygen atoms in total. The van der Waals surface area contributed by atoms with E-state index in [1.165, 1.54) is 17.7 Å². The van der Waals surface area contributed by atoms with Gasteiger partial charge >= 0.3 is 0 Å². The standard InChI is InChI=1S/C21H28N4O/c1-14-6-15(2)23-19(7-14)13-24(3)12-17-4-5-20-18-8-16(9-22-10-18)11-25(20)21(17)26/h4-7,16,18,22H,8-13H2,1-3H3/t16-,18+/m0/s1. The third-order valence-corrected chi connectivity index (χ3v) is 5.61. The highest BCUT2D eigenvalue weighted by Gasteiger charge is 2.31. The Bertz CT molecular complexity index is 853. The topological polar surface area (TPSA) is 50.2 Å². The SMILES string of the molecule is Cc1cc(C)nc(CN(C)Cc2ccc3n(c2=O)C[C@@H]2CNC[C@H]3C2)c1. The lowest BCUT2D eigenvalue weighted by molar-refractivity contribution is 0.254. The summed E-state index contributed by atoms with van der Waals surface area (Å²) in [4.78, 5) is 19.8. The minimum atomic E-state index is 0.194.